The number of thiophene rings is 1. The maximum Gasteiger partial charge on any atom is 0.248 e. The minimum absolute atomic E-state index is 0.0183. The summed E-state index contributed by atoms with van der Waals surface area (Å²) < 4.78 is 0. The summed E-state index contributed by atoms with van der Waals surface area (Å²) in [7, 11) is 0. The molecule has 1 fully saturated rings. The van der Waals surface area contributed by atoms with Gasteiger partial charge < -0.3 is 15.5 Å². The second-order valence-electron chi connectivity index (χ2n) is 10.3. The minimum Gasteiger partial charge on any atom is -0.352 e. The lowest BCUT2D eigenvalue weighted by Crippen LogP contribution is -2.67. The van der Waals surface area contributed by atoms with Gasteiger partial charge >= 0.3 is 0 Å². The molecule has 2 heterocycles. The van der Waals surface area contributed by atoms with Crippen molar-refractivity contribution in [3.8, 4) is 0 Å². The Balaban J connectivity index is 1.73. The molecule has 0 radical (unpaired) electrons. The van der Waals surface area contributed by atoms with E-state index in [1.807, 2.05) is 58.9 Å². The van der Waals surface area contributed by atoms with Crippen LogP contribution in [0, 0.1) is 18.8 Å². The lowest BCUT2D eigenvalue weighted by atomic mass is 9.88. The van der Waals surface area contributed by atoms with Crippen LogP contribution in [0.5, 0.6) is 0 Å². The fraction of sp³-hybridized carbons (Fsp3) is 0.519. The lowest BCUT2D eigenvalue weighted by Gasteiger charge is -2.44. The van der Waals surface area contributed by atoms with Gasteiger partial charge in [-0.05, 0) is 75.1 Å². The van der Waals surface area contributed by atoms with Gasteiger partial charge in [-0.25, -0.2) is 0 Å². The van der Waals surface area contributed by atoms with Crippen molar-refractivity contribution in [1.82, 2.24) is 15.5 Å². The van der Waals surface area contributed by atoms with E-state index in [1.54, 1.807) is 4.90 Å². The fourth-order valence-electron chi connectivity index (χ4n) is 5.23. The summed E-state index contributed by atoms with van der Waals surface area (Å²) in [6.07, 6.45) is 2.00. The molecule has 2 aliphatic rings. The van der Waals surface area contributed by atoms with Gasteiger partial charge in [-0.3, -0.25) is 14.4 Å². The van der Waals surface area contributed by atoms with E-state index in [-0.39, 0.29) is 35.6 Å². The summed E-state index contributed by atoms with van der Waals surface area (Å²) >= 11 is 1.51. The Bertz CT molecular complexity index is 1050. The van der Waals surface area contributed by atoms with Crippen molar-refractivity contribution in [3.63, 3.8) is 0 Å². The molecule has 0 saturated carbocycles. The third kappa shape index (κ3) is 4.90. The summed E-state index contributed by atoms with van der Waals surface area (Å²) in [4.78, 5) is 44.6. The molecule has 0 spiro atoms. The highest BCUT2D eigenvalue weighted by Crippen LogP contribution is 2.37. The largest absolute Gasteiger partial charge is 0.352 e. The number of nitrogens with one attached hydrogen (secondary N) is 2. The van der Waals surface area contributed by atoms with Crippen LogP contribution in [-0.2, 0) is 27.2 Å². The second kappa shape index (κ2) is 9.90. The van der Waals surface area contributed by atoms with E-state index >= 15 is 0 Å². The van der Waals surface area contributed by atoms with Crippen molar-refractivity contribution >= 4 is 29.1 Å². The first-order chi connectivity index (χ1) is 16.2. The molecule has 6 nitrogen and oxygen atoms in total. The van der Waals surface area contributed by atoms with E-state index in [4.69, 9.17) is 0 Å². The molecular formula is C27H35N3O3S. The number of benzene rings is 1. The summed E-state index contributed by atoms with van der Waals surface area (Å²) in [6.45, 7) is 9.87. The maximum absolute atomic E-state index is 14.1. The monoisotopic (exact) mass is 481 g/mol. The molecular weight excluding hydrogens is 446 g/mol. The Hall–Kier alpha value is -2.67. The average Bonchev–Trinajstić information content (AvgIpc) is 3.38. The van der Waals surface area contributed by atoms with Gasteiger partial charge in [0.25, 0.3) is 0 Å². The van der Waals surface area contributed by atoms with Crippen molar-refractivity contribution in [1.29, 1.82) is 0 Å². The minimum atomic E-state index is -0.824. The predicted octanol–water partition coefficient (Wildman–Crippen LogP) is 3.78. The molecule has 0 unspecified atom stereocenters. The molecule has 0 bridgehead atoms. The van der Waals surface area contributed by atoms with Crippen LogP contribution in [-0.4, -0.2) is 40.7 Å². The van der Waals surface area contributed by atoms with Crippen LogP contribution in [0.3, 0.4) is 0 Å². The van der Waals surface area contributed by atoms with E-state index in [9.17, 15) is 14.4 Å². The molecule has 182 valence electrons. The number of amides is 3. The van der Waals surface area contributed by atoms with E-state index in [2.05, 4.69) is 22.8 Å². The number of piperazine rings is 1. The van der Waals surface area contributed by atoms with Crippen molar-refractivity contribution < 1.29 is 14.4 Å². The van der Waals surface area contributed by atoms with Crippen molar-refractivity contribution in [2.45, 2.75) is 78.0 Å². The molecule has 1 aliphatic carbocycles. The van der Waals surface area contributed by atoms with Crippen LogP contribution in [0.4, 0.5) is 0 Å². The first-order valence-corrected chi connectivity index (χ1v) is 13.0. The first kappa shape index (κ1) is 24.5. The van der Waals surface area contributed by atoms with Gasteiger partial charge in [-0.2, -0.15) is 0 Å². The number of fused-ring (bicyclic) bond motifs is 1. The third-order valence-corrected chi connectivity index (χ3v) is 7.75. The number of hydrogen-bond donors (Lipinski definition) is 2. The first-order valence-electron chi connectivity index (χ1n) is 12.2. The third-order valence-electron chi connectivity index (χ3n) is 6.69. The van der Waals surface area contributed by atoms with E-state index < -0.39 is 18.1 Å². The Kier molecular flexibility index (Phi) is 7.12. The fourth-order valence-corrected chi connectivity index (χ4v) is 6.21. The predicted molar refractivity (Wildman–Crippen MR) is 134 cm³/mol. The van der Waals surface area contributed by atoms with Crippen molar-refractivity contribution in [3.05, 3.63) is 57.3 Å². The molecule has 3 atom stereocenters. The molecule has 34 heavy (non-hydrogen) atoms. The lowest BCUT2D eigenvalue weighted by molar-refractivity contribution is -0.157. The smallest absolute Gasteiger partial charge is 0.248 e. The summed E-state index contributed by atoms with van der Waals surface area (Å²) in [5.41, 5.74) is 2.46. The number of rotatable bonds is 7. The number of aryl methyl sites for hydroxylation is 1. The zero-order chi connectivity index (χ0) is 24.6. The Morgan fingerprint density at radius 2 is 1.74 bits per heavy atom. The standard InChI is InChI=1S/C27H35N3O3S/c1-15(2)12-21-25(31)29-23(20-13-18-8-6-7-9-19(18)14-20)27(33)30(21)24(26(32)28-16(3)4)22-11-10-17(5)34-22/h6-11,15-16,20-21,23-24H,12-14H2,1-5H3,(H,28,32)(H,29,31)/t21-,23-,24-/m1/s1. The van der Waals surface area contributed by atoms with Crippen molar-refractivity contribution in [2.75, 3.05) is 0 Å². The Morgan fingerprint density at radius 3 is 2.26 bits per heavy atom. The topological polar surface area (TPSA) is 78.5 Å². The van der Waals surface area contributed by atoms with Crippen LogP contribution in [0.1, 0.15) is 61.0 Å². The van der Waals surface area contributed by atoms with Crippen LogP contribution >= 0.6 is 11.3 Å². The van der Waals surface area contributed by atoms with Gasteiger partial charge in [0.2, 0.25) is 17.7 Å². The van der Waals surface area contributed by atoms with Crippen LogP contribution in [0.25, 0.3) is 0 Å². The normalized spacial score (nSPS) is 21.7. The van der Waals surface area contributed by atoms with Crippen LogP contribution in [0.2, 0.25) is 0 Å². The molecule has 2 aromatic rings. The van der Waals surface area contributed by atoms with Crippen LogP contribution in [0.15, 0.2) is 36.4 Å². The summed E-state index contributed by atoms with van der Waals surface area (Å²) in [5, 5.41) is 6.06. The second-order valence-corrected chi connectivity index (χ2v) is 11.6. The molecule has 4 rings (SSSR count). The quantitative estimate of drug-likeness (QED) is 0.632. The van der Waals surface area contributed by atoms with Crippen LogP contribution < -0.4 is 10.6 Å². The molecule has 2 N–H and O–H groups in total. The molecule has 1 aromatic carbocycles. The summed E-state index contributed by atoms with van der Waals surface area (Å²) in [5.74, 6) is -0.377. The van der Waals surface area contributed by atoms with Gasteiger partial charge in [0.05, 0.1) is 0 Å². The number of nitrogens with zero attached hydrogens (tertiary/aromatic N) is 1. The molecule has 1 saturated heterocycles. The number of carbonyl (C=O) groups is 3. The van der Waals surface area contributed by atoms with E-state index in [0.29, 0.717) is 6.42 Å². The van der Waals surface area contributed by atoms with Gasteiger partial charge in [0.1, 0.15) is 18.1 Å². The number of carbonyl (C=O) groups excluding carboxylic acids is 3. The zero-order valence-corrected chi connectivity index (χ0v) is 21.4. The zero-order valence-electron chi connectivity index (χ0n) is 20.6. The highest BCUT2D eigenvalue weighted by Gasteiger charge is 2.49. The average molecular weight is 482 g/mol. The molecule has 7 heteroatoms. The summed E-state index contributed by atoms with van der Waals surface area (Å²) in [6, 6.07) is 9.87. The SMILES string of the molecule is Cc1ccc([C@H](C(=O)NC(C)C)N2C(=O)[C@@H](C3Cc4ccccc4C3)NC(=O)[C@H]2CC(C)C)s1. The van der Waals surface area contributed by atoms with Gasteiger partial charge in [-0.1, -0.05) is 38.1 Å². The highest BCUT2D eigenvalue weighted by molar-refractivity contribution is 7.12. The molecule has 1 aromatic heterocycles. The number of hydrogen-bond acceptors (Lipinski definition) is 4. The molecule has 1 aliphatic heterocycles. The van der Waals surface area contributed by atoms with Crippen molar-refractivity contribution in [2.24, 2.45) is 11.8 Å². The maximum atomic E-state index is 14.1. The van der Waals surface area contributed by atoms with Gasteiger partial charge in [0.15, 0.2) is 0 Å². The van der Waals surface area contributed by atoms with E-state index in [1.165, 1.54) is 22.5 Å². The Labute approximate surface area is 206 Å². The molecule has 3 amide bonds. The Morgan fingerprint density at radius 1 is 1.09 bits per heavy atom. The van der Waals surface area contributed by atoms with E-state index in [0.717, 1.165) is 22.6 Å². The van der Waals surface area contributed by atoms with Gasteiger partial charge in [-0.15, -0.1) is 11.3 Å². The highest BCUT2D eigenvalue weighted by atomic mass is 32.1. The van der Waals surface area contributed by atoms with Gasteiger partial charge in [0, 0.05) is 15.8 Å².